The molecule has 5 nitrogen and oxygen atoms in total. The van der Waals surface area contributed by atoms with Crippen molar-refractivity contribution < 1.29 is 9.59 Å². The first-order chi connectivity index (χ1) is 13.1. The van der Waals surface area contributed by atoms with Crippen LogP contribution in [0.25, 0.3) is 0 Å². The van der Waals surface area contributed by atoms with Crippen molar-refractivity contribution >= 4 is 29.1 Å². The van der Waals surface area contributed by atoms with Crippen LogP contribution >= 0.6 is 12.2 Å². The van der Waals surface area contributed by atoms with Gasteiger partial charge in [-0.05, 0) is 29.8 Å². The molecule has 0 aliphatic heterocycles. The Hall–Kier alpha value is -2.73. The van der Waals surface area contributed by atoms with Gasteiger partial charge in [0, 0.05) is 6.42 Å². The molecule has 0 fully saturated rings. The van der Waals surface area contributed by atoms with Gasteiger partial charge in [-0.2, -0.15) is 0 Å². The monoisotopic (exact) mass is 383 g/mol. The molecule has 0 saturated carbocycles. The van der Waals surface area contributed by atoms with Gasteiger partial charge in [0.1, 0.15) is 0 Å². The molecule has 142 valence electrons. The number of carbonyl (C=O) groups excluding carboxylic acids is 2. The summed E-state index contributed by atoms with van der Waals surface area (Å²) in [6.45, 7) is 2.08. The first-order valence-electron chi connectivity index (χ1n) is 9.11. The number of amides is 2. The molecule has 27 heavy (non-hydrogen) atoms. The van der Waals surface area contributed by atoms with Crippen LogP contribution < -0.4 is 16.2 Å². The summed E-state index contributed by atoms with van der Waals surface area (Å²) in [4.78, 5) is 24.6. The van der Waals surface area contributed by atoms with E-state index in [1.165, 1.54) is 0 Å². The molecule has 0 saturated heterocycles. The van der Waals surface area contributed by atoms with E-state index in [0.29, 0.717) is 6.42 Å². The van der Waals surface area contributed by atoms with Crippen LogP contribution in [0.15, 0.2) is 60.7 Å². The highest BCUT2D eigenvalue weighted by atomic mass is 32.1. The lowest BCUT2D eigenvalue weighted by Gasteiger charge is -2.19. The van der Waals surface area contributed by atoms with E-state index in [1.807, 2.05) is 60.7 Å². The van der Waals surface area contributed by atoms with E-state index in [2.05, 4.69) is 23.1 Å². The average Bonchev–Trinajstić information content (AvgIpc) is 2.68. The third kappa shape index (κ3) is 6.83. The first kappa shape index (κ1) is 20.6. The minimum absolute atomic E-state index is 0.0877. The molecule has 2 aromatic rings. The molecule has 0 aliphatic rings. The topological polar surface area (TPSA) is 70.2 Å². The zero-order valence-electron chi connectivity index (χ0n) is 15.4. The Morgan fingerprint density at radius 1 is 0.889 bits per heavy atom. The van der Waals surface area contributed by atoms with Crippen molar-refractivity contribution in [3.63, 3.8) is 0 Å². The lowest BCUT2D eigenvalue weighted by molar-refractivity contribution is -0.123. The zero-order chi connectivity index (χ0) is 19.5. The van der Waals surface area contributed by atoms with Gasteiger partial charge >= 0.3 is 0 Å². The highest BCUT2D eigenvalue weighted by Crippen LogP contribution is 2.24. The van der Waals surface area contributed by atoms with Gasteiger partial charge in [0.2, 0.25) is 11.8 Å². The standard InChI is InChI=1S/C21H25N3O2S/c1-2-3-6-15-18(25)22-21(27)24-23-20(26)19(16-11-7-4-8-12-16)17-13-9-5-10-14-17/h4-5,7-14,19H,2-3,6,15H2,1H3,(H,23,26)(H2,22,24,25,27). The van der Waals surface area contributed by atoms with Crippen molar-refractivity contribution in [3.8, 4) is 0 Å². The summed E-state index contributed by atoms with van der Waals surface area (Å²) in [5, 5.41) is 2.67. The average molecular weight is 384 g/mol. The maximum absolute atomic E-state index is 12.8. The number of hydrogen-bond donors (Lipinski definition) is 3. The van der Waals surface area contributed by atoms with Crippen molar-refractivity contribution in [2.24, 2.45) is 0 Å². The first-order valence-corrected chi connectivity index (χ1v) is 9.52. The number of hydrazine groups is 1. The summed E-state index contributed by atoms with van der Waals surface area (Å²) >= 11 is 5.09. The molecule has 2 aromatic carbocycles. The van der Waals surface area contributed by atoms with Gasteiger partial charge in [-0.15, -0.1) is 0 Å². The number of carbonyl (C=O) groups is 2. The predicted molar refractivity (Wildman–Crippen MR) is 111 cm³/mol. The van der Waals surface area contributed by atoms with Crippen molar-refractivity contribution in [3.05, 3.63) is 71.8 Å². The summed E-state index contributed by atoms with van der Waals surface area (Å²) in [6, 6.07) is 19.0. The molecular weight excluding hydrogens is 358 g/mol. The number of hydrogen-bond acceptors (Lipinski definition) is 3. The number of benzene rings is 2. The van der Waals surface area contributed by atoms with Crippen LogP contribution in [0, 0.1) is 0 Å². The Morgan fingerprint density at radius 2 is 1.44 bits per heavy atom. The third-order valence-corrected chi connectivity index (χ3v) is 4.29. The van der Waals surface area contributed by atoms with Gasteiger partial charge in [0.25, 0.3) is 0 Å². The normalized spacial score (nSPS) is 10.3. The van der Waals surface area contributed by atoms with Crippen LogP contribution in [0.3, 0.4) is 0 Å². The number of nitrogens with one attached hydrogen (secondary N) is 3. The maximum Gasteiger partial charge on any atom is 0.250 e. The van der Waals surface area contributed by atoms with E-state index in [9.17, 15) is 9.59 Å². The molecule has 3 N–H and O–H groups in total. The van der Waals surface area contributed by atoms with E-state index < -0.39 is 5.92 Å². The van der Waals surface area contributed by atoms with Crippen LogP contribution in [0.2, 0.25) is 0 Å². The summed E-state index contributed by atoms with van der Waals surface area (Å²) < 4.78 is 0. The van der Waals surface area contributed by atoms with Gasteiger partial charge in [-0.1, -0.05) is 80.4 Å². The van der Waals surface area contributed by atoms with E-state index in [1.54, 1.807) is 0 Å². The van der Waals surface area contributed by atoms with E-state index in [-0.39, 0.29) is 16.9 Å². The lowest BCUT2D eigenvalue weighted by Crippen LogP contribution is -2.49. The van der Waals surface area contributed by atoms with Gasteiger partial charge in [-0.3, -0.25) is 20.4 Å². The molecule has 0 bridgehead atoms. The van der Waals surface area contributed by atoms with Crippen molar-refractivity contribution in [2.75, 3.05) is 0 Å². The smallest absolute Gasteiger partial charge is 0.250 e. The number of unbranched alkanes of at least 4 members (excludes halogenated alkanes) is 2. The molecule has 0 heterocycles. The number of rotatable bonds is 7. The van der Waals surface area contributed by atoms with Crippen molar-refractivity contribution in [2.45, 2.75) is 38.5 Å². The highest BCUT2D eigenvalue weighted by molar-refractivity contribution is 7.80. The summed E-state index contributed by atoms with van der Waals surface area (Å²) in [6.07, 6.45) is 3.29. The van der Waals surface area contributed by atoms with E-state index in [0.717, 1.165) is 30.4 Å². The fraction of sp³-hybridized carbons (Fsp3) is 0.286. The lowest BCUT2D eigenvalue weighted by atomic mass is 9.91. The molecule has 0 aliphatic carbocycles. The fourth-order valence-electron chi connectivity index (χ4n) is 2.73. The Morgan fingerprint density at radius 3 is 1.96 bits per heavy atom. The van der Waals surface area contributed by atoms with Crippen molar-refractivity contribution in [1.82, 2.24) is 16.2 Å². The fourth-order valence-corrected chi connectivity index (χ4v) is 2.90. The quantitative estimate of drug-likeness (QED) is 0.389. The maximum atomic E-state index is 12.8. The molecule has 0 unspecified atom stereocenters. The van der Waals surface area contributed by atoms with Crippen LogP contribution in [-0.2, 0) is 9.59 Å². The Kier molecular flexibility index (Phi) is 8.45. The Balaban J connectivity index is 1.96. The third-order valence-electron chi connectivity index (χ3n) is 4.09. The molecular formula is C21H25N3O2S. The predicted octanol–water partition coefficient (Wildman–Crippen LogP) is 3.42. The highest BCUT2D eigenvalue weighted by Gasteiger charge is 2.22. The molecule has 2 amide bonds. The molecule has 2 rings (SSSR count). The van der Waals surface area contributed by atoms with Crippen molar-refractivity contribution in [1.29, 1.82) is 0 Å². The zero-order valence-corrected chi connectivity index (χ0v) is 16.2. The second-order valence-electron chi connectivity index (χ2n) is 6.20. The summed E-state index contributed by atoms with van der Waals surface area (Å²) in [7, 11) is 0. The summed E-state index contributed by atoms with van der Waals surface area (Å²) in [5.74, 6) is -0.893. The Bertz CT molecular complexity index is 711. The van der Waals surface area contributed by atoms with Crippen LogP contribution in [0.4, 0.5) is 0 Å². The molecule has 0 spiro atoms. The van der Waals surface area contributed by atoms with Gasteiger partial charge in [0.05, 0.1) is 5.92 Å². The van der Waals surface area contributed by atoms with Gasteiger partial charge in [0.15, 0.2) is 5.11 Å². The largest absolute Gasteiger partial charge is 0.302 e. The van der Waals surface area contributed by atoms with Gasteiger partial charge in [-0.25, -0.2) is 0 Å². The van der Waals surface area contributed by atoms with E-state index >= 15 is 0 Å². The second kappa shape index (κ2) is 11.1. The molecule has 0 aromatic heterocycles. The van der Waals surface area contributed by atoms with Crippen LogP contribution in [0.1, 0.15) is 49.7 Å². The second-order valence-corrected chi connectivity index (χ2v) is 6.61. The van der Waals surface area contributed by atoms with Crippen LogP contribution in [0.5, 0.6) is 0 Å². The van der Waals surface area contributed by atoms with E-state index in [4.69, 9.17) is 12.2 Å². The number of thiocarbonyl (C=S) groups is 1. The minimum Gasteiger partial charge on any atom is -0.302 e. The minimum atomic E-state index is -0.483. The summed E-state index contributed by atoms with van der Waals surface area (Å²) in [5.41, 5.74) is 6.98. The van der Waals surface area contributed by atoms with Crippen LogP contribution in [-0.4, -0.2) is 16.9 Å². The SMILES string of the molecule is CCCCCC(=O)NC(=S)NNC(=O)C(c1ccccc1)c1ccccc1. The molecule has 0 radical (unpaired) electrons. The van der Waals surface area contributed by atoms with Gasteiger partial charge < -0.3 is 5.32 Å². The molecule has 6 heteroatoms. The molecule has 0 atom stereocenters. The Labute approximate surface area is 165 Å².